The lowest BCUT2D eigenvalue weighted by molar-refractivity contribution is 0.170. The Morgan fingerprint density at radius 2 is 2.00 bits per heavy atom. The number of piperidine rings is 1. The lowest BCUT2D eigenvalue weighted by Gasteiger charge is -2.32. The van der Waals surface area contributed by atoms with Crippen LogP contribution in [0.3, 0.4) is 0 Å². The number of ether oxygens (including phenoxy) is 1. The first-order chi connectivity index (χ1) is 14.6. The van der Waals surface area contributed by atoms with E-state index in [1.807, 2.05) is 12.1 Å². The molecule has 1 aliphatic heterocycles. The molecule has 30 heavy (non-hydrogen) atoms. The number of aromatic nitrogens is 4. The molecule has 4 aromatic rings. The Kier molecular flexibility index (Phi) is 5.08. The number of fused-ring (bicyclic) bond motifs is 1. The molecule has 5 rings (SSSR count). The van der Waals surface area contributed by atoms with E-state index in [1.54, 1.807) is 18.4 Å². The number of hydrogen-bond acceptors (Lipinski definition) is 5. The van der Waals surface area contributed by atoms with Crippen molar-refractivity contribution in [1.82, 2.24) is 24.1 Å². The van der Waals surface area contributed by atoms with E-state index in [-0.39, 0.29) is 0 Å². The summed E-state index contributed by atoms with van der Waals surface area (Å²) in [6, 6.07) is 10.9. The molecular formula is C23H27N5OS. The summed E-state index contributed by atoms with van der Waals surface area (Å²) in [6.07, 6.45) is 4.39. The Morgan fingerprint density at radius 3 is 2.73 bits per heavy atom. The van der Waals surface area contributed by atoms with E-state index >= 15 is 0 Å². The minimum atomic E-state index is 0.499. The normalized spacial score (nSPS) is 15.8. The minimum absolute atomic E-state index is 0.499. The summed E-state index contributed by atoms with van der Waals surface area (Å²) in [6.45, 7) is 7.26. The van der Waals surface area contributed by atoms with Crippen LogP contribution in [0.4, 0.5) is 0 Å². The van der Waals surface area contributed by atoms with Crippen LogP contribution in [0.15, 0.2) is 41.9 Å². The molecule has 0 unspecified atom stereocenters. The van der Waals surface area contributed by atoms with Crippen molar-refractivity contribution in [2.24, 2.45) is 0 Å². The molecule has 1 fully saturated rings. The van der Waals surface area contributed by atoms with Gasteiger partial charge < -0.3 is 4.74 Å². The van der Waals surface area contributed by atoms with Gasteiger partial charge in [0.2, 0.25) is 0 Å². The summed E-state index contributed by atoms with van der Waals surface area (Å²) >= 11 is 1.68. The molecule has 1 aliphatic rings. The molecule has 7 heteroatoms. The molecule has 3 aromatic heterocycles. The Labute approximate surface area is 180 Å². The maximum absolute atomic E-state index is 5.44. The third-order valence-electron chi connectivity index (χ3n) is 6.03. The van der Waals surface area contributed by atoms with Crippen molar-refractivity contribution < 1.29 is 4.74 Å². The van der Waals surface area contributed by atoms with E-state index in [0.29, 0.717) is 6.04 Å². The third-order valence-corrected chi connectivity index (χ3v) is 6.78. The minimum Gasteiger partial charge on any atom is -0.497 e. The van der Waals surface area contributed by atoms with E-state index in [2.05, 4.69) is 57.6 Å². The zero-order valence-corrected chi connectivity index (χ0v) is 18.5. The summed E-state index contributed by atoms with van der Waals surface area (Å²) in [5.41, 5.74) is 5.79. The van der Waals surface area contributed by atoms with Gasteiger partial charge in [0.15, 0.2) is 4.96 Å². The maximum Gasteiger partial charge on any atom is 0.194 e. The number of methoxy groups -OCH3 is 1. The Hall–Kier alpha value is -2.64. The summed E-state index contributed by atoms with van der Waals surface area (Å²) in [5, 5.41) is 6.82. The van der Waals surface area contributed by atoms with Crippen molar-refractivity contribution in [3.05, 3.63) is 59.0 Å². The van der Waals surface area contributed by atoms with Gasteiger partial charge in [-0.1, -0.05) is 12.1 Å². The highest BCUT2D eigenvalue weighted by molar-refractivity contribution is 7.15. The first-order valence-corrected chi connectivity index (χ1v) is 11.3. The van der Waals surface area contributed by atoms with Crippen LogP contribution >= 0.6 is 11.3 Å². The largest absolute Gasteiger partial charge is 0.497 e. The quantitative estimate of drug-likeness (QED) is 0.468. The van der Waals surface area contributed by atoms with Crippen LogP contribution in [-0.2, 0) is 6.54 Å². The number of benzene rings is 1. The number of thiazole rings is 1. The van der Waals surface area contributed by atoms with Crippen molar-refractivity contribution in [3.8, 4) is 17.0 Å². The van der Waals surface area contributed by atoms with Crippen LogP contribution in [0, 0.1) is 13.8 Å². The second-order valence-corrected chi connectivity index (χ2v) is 8.95. The van der Waals surface area contributed by atoms with Crippen LogP contribution in [0.1, 0.15) is 36.0 Å². The van der Waals surface area contributed by atoms with Gasteiger partial charge in [0, 0.05) is 42.5 Å². The average Bonchev–Trinajstić information content (AvgIpc) is 3.44. The van der Waals surface area contributed by atoms with Crippen LogP contribution < -0.4 is 4.74 Å². The highest BCUT2D eigenvalue weighted by Crippen LogP contribution is 2.31. The lowest BCUT2D eigenvalue weighted by Crippen LogP contribution is -2.35. The topological polar surface area (TPSA) is 47.6 Å². The standard InChI is InChI=1S/C23H27N5OS/c1-16-13-17(2)28(25-16)19-7-9-26(10-8-19)15-21-22(24-23-27(21)11-12-30-23)18-5-4-6-20(14-18)29-3/h4-6,11-14,19H,7-10,15H2,1-3H3. The van der Waals surface area contributed by atoms with Crippen molar-refractivity contribution in [2.45, 2.75) is 39.3 Å². The smallest absolute Gasteiger partial charge is 0.194 e. The lowest BCUT2D eigenvalue weighted by atomic mass is 10.0. The number of nitrogens with zero attached hydrogens (tertiary/aromatic N) is 5. The summed E-state index contributed by atoms with van der Waals surface area (Å²) in [4.78, 5) is 8.54. The van der Waals surface area contributed by atoms with E-state index in [1.165, 1.54) is 11.4 Å². The summed E-state index contributed by atoms with van der Waals surface area (Å²) in [5.74, 6) is 0.862. The summed E-state index contributed by atoms with van der Waals surface area (Å²) in [7, 11) is 1.71. The predicted octanol–water partition coefficient (Wildman–Crippen LogP) is 4.72. The molecule has 0 aliphatic carbocycles. The maximum atomic E-state index is 5.44. The van der Waals surface area contributed by atoms with Crippen LogP contribution in [0.5, 0.6) is 5.75 Å². The fraction of sp³-hybridized carbons (Fsp3) is 0.391. The van der Waals surface area contributed by atoms with Gasteiger partial charge in [-0.05, 0) is 44.9 Å². The highest BCUT2D eigenvalue weighted by Gasteiger charge is 2.25. The van der Waals surface area contributed by atoms with Gasteiger partial charge in [0.05, 0.1) is 30.2 Å². The number of aryl methyl sites for hydroxylation is 2. The van der Waals surface area contributed by atoms with E-state index in [9.17, 15) is 0 Å². The zero-order valence-electron chi connectivity index (χ0n) is 17.7. The number of hydrogen-bond donors (Lipinski definition) is 0. The van der Waals surface area contributed by atoms with E-state index < -0.39 is 0 Å². The van der Waals surface area contributed by atoms with Crippen molar-refractivity contribution in [1.29, 1.82) is 0 Å². The van der Waals surface area contributed by atoms with Gasteiger partial charge in [-0.15, -0.1) is 11.3 Å². The Bertz CT molecular complexity index is 1170. The Morgan fingerprint density at radius 1 is 1.17 bits per heavy atom. The van der Waals surface area contributed by atoms with Crippen LogP contribution in [-0.4, -0.2) is 44.3 Å². The molecule has 0 radical (unpaired) electrons. The molecule has 0 bridgehead atoms. The molecule has 0 spiro atoms. The molecule has 0 amide bonds. The van der Waals surface area contributed by atoms with Gasteiger partial charge in [-0.2, -0.15) is 5.10 Å². The molecule has 6 nitrogen and oxygen atoms in total. The first-order valence-electron chi connectivity index (χ1n) is 10.5. The van der Waals surface area contributed by atoms with Crippen molar-refractivity contribution >= 4 is 16.3 Å². The summed E-state index contributed by atoms with van der Waals surface area (Å²) < 4.78 is 9.91. The fourth-order valence-corrected chi connectivity index (χ4v) is 5.27. The molecule has 0 atom stereocenters. The molecule has 1 aromatic carbocycles. The predicted molar refractivity (Wildman–Crippen MR) is 120 cm³/mol. The monoisotopic (exact) mass is 421 g/mol. The fourth-order valence-electron chi connectivity index (χ4n) is 4.53. The van der Waals surface area contributed by atoms with Gasteiger partial charge in [-0.25, -0.2) is 4.98 Å². The molecule has 156 valence electrons. The number of likely N-dealkylation sites (tertiary alicyclic amines) is 1. The second-order valence-electron chi connectivity index (χ2n) is 8.07. The van der Waals surface area contributed by atoms with Crippen LogP contribution in [0.25, 0.3) is 16.2 Å². The van der Waals surface area contributed by atoms with Gasteiger partial charge in [-0.3, -0.25) is 14.0 Å². The Balaban J connectivity index is 1.38. The molecule has 0 saturated carbocycles. The SMILES string of the molecule is COc1cccc(-c2nc3sccn3c2CN2CCC(n3nc(C)cc3C)CC2)c1. The van der Waals surface area contributed by atoms with E-state index in [0.717, 1.165) is 60.1 Å². The molecule has 1 saturated heterocycles. The highest BCUT2D eigenvalue weighted by atomic mass is 32.1. The third kappa shape index (κ3) is 3.52. The number of rotatable bonds is 5. The van der Waals surface area contributed by atoms with Crippen molar-refractivity contribution in [3.63, 3.8) is 0 Å². The van der Waals surface area contributed by atoms with Gasteiger partial charge >= 0.3 is 0 Å². The van der Waals surface area contributed by atoms with Gasteiger partial charge in [0.25, 0.3) is 0 Å². The number of imidazole rings is 1. The second kappa shape index (κ2) is 7.89. The van der Waals surface area contributed by atoms with E-state index in [4.69, 9.17) is 14.8 Å². The molecule has 4 heterocycles. The first kappa shape index (κ1) is 19.3. The molecular weight excluding hydrogens is 394 g/mol. The molecule has 0 N–H and O–H groups in total. The van der Waals surface area contributed by atoms with Crippen LogP contribution in [0.2, 0.25) is 0 Å². The zero-order chi connectivity index (χ0) is 20.7. The van der Waals surface area contributed by atoms with Gasteiger partial charge in [0.1, 0.15) is 5.75 Å². The average molecular weight is 422 g/mol. The van der Waals surface area contributed by atoms with Crippen molar-refractivity contribution in [2.75, 3.05) is 20.2 Å².